The molecule has 7 nitrogen and oxygen atoms in total. The predicted molar refractivity (Wildman–Crippen MR) is 130 cm³/mol. The molecule has 3 unspecified atom stereocenters. The van der Waals surface area contributed by atoms with Crippen molar-refractivity contribution in [3.8, 4) is 0 Å². The molecule has 0 radical (unpaired) electrons. The molecule has 2 aromatic heterocycles. The number of thiophene rings is 1. The summed E-state index contributed by atoms with van der Waals surface area (Å²) in [5, 5.41) is 16.0. The number of likely N-dealkylation sites (tertiary alicyclic amines) is 2. The number of carbonyl (C=O) groups excluding carboxylic acids is 1. The number of rotatable bonds is 4. The van der Waals surface area contributed by atoms with Gasteiger partial charge in [-0.15, -0.1) is 11.3 Å². The zero-order chi connectivity index (χ0) is 23.2. The number of hydrogen-bond donors (Lipinski definition) is 2. The maximum Gasteiger partial charge on any atom is 0.290 e. The number of amides is 1. The third kappa shape index (κ3) is 5.49. The fraction of sp³-hybridized carbons (Fsp3) is 0.640. The van der Waals surface area contributed by atoms with E-state index >= 15 is 0 Å². The molecule has 2 saturated heterocycles. The first-order valence-electron chi connectivity index (χ1n) is 12.3. The third-order valence-electron chi connectivity index (χ3n) is 7.85. The maximum atomic E-state index is 13.3. The van der Waals surface area contributed by atoms with Crippen molar-refractivity contribution in [3.63, 3.8) is 0 Å². The standard InChI is InChI=1S/C24H34N4OS.CH2O2/c1-17(21-14-25-26-15-21)27-11-8-19(9-12-27)23-13-20(16-30-23)24(29)28-10-4-6-18-5-2-3-7-22(18)28;2-1-3/h13-19,22H,2-12H2,1H3,(H,25,26);1H,(H,2,3). The van der Waals surface area contributed by atoms with Crippen LogP contribution in [0, 0.1) is 5.92 Å². The molecule has 1 aliphatic carbocycles. The van der Waals surface area contributed by atoms with Gasteiger partial charge in [0.15, 0.2) is 0 Å². The Morgan fingerprint density at radius 1 is 1.18 bits per heavy atom. The lowest BCUT2D eigenvalue weighted by molar-refractivity contribution is -0.122. The van der Waals surface area contributed by atoms with Crippen LogP contribution in [0.3, 0.4) is 0 Å². The molecule has 2 N–H and O–H groups in total. The van der Waals surface area contributed by atoms with Crippen molar-refractivity contribution in [2.24, 2.45) is 5.92 Å². The highest BCUT2D eigenvalue weighted by molar-refractivity contribution is 7.10. The van der Waals surface area contributed by atoms with Crippen LogP contribution in [-0.4, -0.2) is 63.2 Å². The van der Waals surface area contributed by atoms with E-state index in [4.69, 9.17) is 9.90 Å². The topological polar surface area (TPSA) is 89.5 Å². The van der Waals surface area contributed by atoms with Crippen LogP contribution >= 0.6 is 11.3 Å². The third-order valence-corrected chi connectivity index (χ3v) is 8.95. The number of aromatic amines is 1. The summed E-state index contributed by atoms with van der Waals surface area (Å²) in [4.78, 5) is 27.9. The molecule has 0 aromatic carbocycles. The summed E-state index contributed by atoms with van der Waals surface area (Å²) in [5.74, 6) is 1.63. The minimum atomic E-state index is -0.250. The number of nitrogens with zero attached hydrogens (tertiary/aromatic N) is 3. The monoisotopic (exact) mass is 472 g/mol. The Morgan fingerprint density at radius 3 is 2.64 bits per heavy atom. The summed E-state index contributed by atoms with van der Waals surface area (Å²) in [6, 6.07) is 3.13. The molecule has 5 rings (SSSR count). The van der Waals surface area contributed by atoms with E-state index in [-0.39, 0.29) is 6.47 Å². The van der Waals surface area contributed by atoms with E-state index in [1.165, 1.54) is 61.8 Å². The smallest absolute Gasteiger partial charge is 0.290 e. The van der Waals surface area contributed by atoms with E-state index in [1.54, 1.807) is 11.3 Å². The molecule has 1 amide bonds. The minimum Gasteiger partial charge on any atom is -0.483 e. The van der Waals surface area contributed by atoms with E-state index in [2.05, 4.69) is 38.4 Å². The first-order chi connectivity index (χ1) is 16.1. The molecule has 1 saturated carbocycles. The van der Waals surface area contributed by atoms with Crippen LogP contribution in [0.2, 0.25) is 0 Å². The Balaban J connectivity index is 0.000000821. The SMILES string of the molecule is CC(c1cn[nH]c1)N1CCC(c2cc(C(=O)N3CCCC4CCCCC43)cs2)CC1.O=CO. The lowest BCUT2D eigenvalue weighted by Crippen LogP contribution is -2.49. The first kappa shape index (κ1) is 24.0. The number of fused-ring (bicyclic) bond motifs is 1. The van der Waals surface area contributed by atoms with E-state index in [0.29, 0.717) is 23.9 Å². The van der Waals surface area contributed by atoms with Gasteiger partial charge in [-0.05, 0) is 76.4 Å². The highest BCUT2D eigenvalue weighted by Crippen LogP contribution is 2.38. The van der Waals surface area contributed by atoms with Gasteiger partial charge in [-0.3, -0.25) is 19.6 Å². The Kier molecular flexibility index (Phi) is 8.20. The largest absolute Gasteiger partial charge is 0.483 e. The lowest BCUT2D eigenvalue weighted by Gasteiger charge is -2.44. The average Bonchev–Trinajstić information content (AvgIpc) is 3.56. The highest BCUT2D eigenvalue weighted by atomic mass is 32.1. The highest BCUT2D eigenvalue weighted by Gasteiger charge is 2.36. The van der Waals surface area contributed by atoms with Crippen molar-refractivity contribution >= 4 is 23.7 Å². The number of nitrogens with one attached hydrogen (secondary N) is 1. The Bertz CT molecular complexity index is 889. The number of carbonyl (C=O) groups is 2. The summed E-state index contributed by atoms with van der Waals surface area (Å²) < 4.78 is 0. The van der Waals surface area contributed by atoms with Gasteiger partial charge in [0.1, 0.15) is 0 Å². The van der Waals surface area contributed by atoms with Crippen LogP contribution in [0.25, 0.3) is 0 Å². The normalized spacial score (nSPS) is 24.9. The fourth-order valence-corrected chi connectivity index (χ4v) is 7.05. The number of H-pyrrole nitrogens is 1. The van der Waals surface area contributed by atoms with Crippen LogP contribution in [0.1, 0.15) is 91.0 Å². The molecule has 8 heteroatoms. The molecule has 0 spiro atoms. The zero-order valence-corrected chi connectivity index (χ0v) is 20.3. The Labute approximate surface area is 200 Å². The van der Waals surface area contributed by atoms with Gasteiger partial charge in [-0.1, -0.05) is 12.8 Å². The van der Waals surface area contributed by atoms with Crippen molar-refractivity contribution in [1.82, 2.24) is 20.0 Å². The maximum absolute atomic E-state index is 13.3. The summed E-state index contributed by atoms with van der Waals surface area (Å²) >= 11 is 1.80. The molecule has 33 heavy (non-hydrogen) atoms. The summed E-state index contributed by atoms with van der Waals surface area (Å²) in [7, 11) is 0. The van der Waals surface area contributed by atoms with E-state index in [9.17, 15) is 4.79 Å². The van der Waals surface area contributed by atoms with Crippen LogP contribution in [-0.2, 0) is 4.79 Å². The van der Waals surface area contributed by atoms with Crippen LogP contribution in [0.4, 0.5) is 0 Å². The number of piperidine rings is 2. The van der Waals surface area contributed by atoms with Crippen molar-refractivity contribution in [3.05, 3.63) is 39.8 Å². The molecule has 3 fully saturated rings. The number of aromatic nitrogens is 2. The van der Waals surface area contributed by atoms with Gasteiger partial charge in [-0.25, -0.2) is 0 Å². The van der Waals surface area contributed by atoms with Gasteiger partial charge < -0.3 is 10.0 Å². The van der Waals surface area contributed by atoms with E-state index in [0.717, 1.165) is 31.1 Å². The van der Waals surface area contributed by atoms with Crippen molar-refractivity contribution in [1.29, 1.82) is 0 Å². The second-order valence-electron chi connectivity index (χ2n) is 9.61. The second-order valence-corrected chi connectivity index (χ2v) is 10.6. The molecule has 3 aliphatic rings. The van der Waals surface area contributed by atoms with Crippen molar-refractivity contribution in [2.45, 2.75) is 76.3 Å². The molecule has 2 aliphatic heterocycles. The second kappa shape index (κ2) is 11.3. The van der Waals surface area contributed by atoms with E-state index in [1.807, 2.05) is 12.4 Å². The molecule has 2 aromatic rings. The molecule has 3 atom stereocenters. The first-order valence-corrected chi connectivity index (χ1v) is 13.2. The van der Waals surface area contributed by atoms with Crippen LogP contribution in [0.15, 0.2) is 23.8 Å². The minimum absolute atomic E-state index is 0.250. The Morgan fingerprint density at radius 2 is 1.91 bits per heavy atom. The molecule has 4 heterocycles. The molecule has 180 valence electrons. The number of carboxylic acid groups (broad SMARTS) is 1. The Hall–Kier alpha value is -2.19. The van der Waals surface area contributed by atoms with Gasteiger partial charge in [0.05, 0.1) is 11.8 Å². The molecular weight excluding hydrogens is 436 g/mol. The van der Waals surface area contributed by atoms with Crippen molar-refractivity contribution in [2.75, 3.05) is 19.6 Å². The summed E-state index contributed by atoms with van der Waals surface area (Å²) in [6.07, 6.45) is 13.9. The number of hydrogen-bond acceptors (Lipinski definition) is 5. The molecule has 0 bridgehead atoms. The van der Waals surface area contributed by atoms with Gasteiger partial charge in [-0.2, -0.15) is 5.10 Å². The lowest BCUT2D eigenvalue weighted by atomic mass is 9.78. The average molecular weight is 473 g/mol. The van der Waals surface area contributed by atoms with Crippen LogP contribution < -0.4 is 0 Å². The quantitative estimate of drug-likeness (QED) is 0.617. The van der Waals surface area contributed by atoms with Crippen LogP contribution in [0.5, 0.6) is 0 Å². The van der Waals surface area contributed by atoms with Gasteiger partial charge in [0.25, 0.3) is 12.4 Å². The molecular formula is C25H36N4O3S. The van der Waals surface area contributed by atoms with Gasteiger partial charge >= 0.3 is 0 Å². The summed E-state index contributed by atoms with van der Waals surface area (Å²) in [6.45, 7) is 5.18. The summed E-state index contributed by atoms with van der Waals surface area (Å²) in [5.41, 5.74) is 2.20. The van der Waals surface area contributed by atoms with Gasteiger partial charge in [0.2, 0.25) is 0 Å². The van der Waals surface area contributed by atoms with E-state index < -0.39 is 0 Å². The zero-order valence-electron chi connectivity index (χ0n) is 19.5. The fourth-order valence-electron chi connectivity index (χ4n) is 5.99. The van der Waals surface area contributed by atoms with Gasteiger partial charge in [0, 0.05) is 40.6 Å². The van der Waals surface area contributed by atoms with Crippen molar-refractivity contribution < 1.29 is 14.7 Å². The predicted octanol–water partition coefficient (Wildman–Crippen LogP) is 4.91.